The zero-order valence-corrected chi connectivity index (χ0v) is 24.3. The van der Waals surface area contributed by atoms with Crippen molar-refractivity contribution in [1.29, 1.82) is 0 Å². The zero-order valence-electron chi connectivity index (χ0n) is 23.4. The van der Waals surface area contributed by atoms with Gasteiger partial charge in [-0.3, -0.25) is 4.98 Å². The number of hydrogen-bond donors (Lipinski definition) is 1. The fourth-order valence-electron chi connectivity index (χ4n) is 6.11. The highest BCUT2D eigenvalue weighted by atomic mass is 32.1. The third-order valence-corrected chi connectivity index (χ3v) is 8.30. The first kappa shape index (κ1) is 26.0. The van der Waals surface area contributed by atoms with Crippen LogP contribution in [-0.2, 0) is 0 Å². The van der Waals surface area contributed by atoms with Crippen LogP contribution >= 0.6 is 12.2 Å². The summed E-state index contributed by atoms with van der Waals surface area (Å²) in [6.07, 6.45) is 1.84. The van der Waals surface area contributed by atoms with Gasteiger partial charge in [0.15, 0.2) is 5.11 Å². The van der Waals surface area contributed by atoms with E-state index in [4.69, 9.17) is 21.9 Å². The van der Waals surface area contributed by atoms with Gasteiger partial charge in [0.05, 0.1) is 23.5 Å². The molecule has 1 aliphatic rings. The van der Waals surface area contributed by atoms with Crippen molar-refractivity contribution in [2.45, 2.75) is 25.9 Å². The Bertz CT molecular complexity index is 1880. The predicted octanol–water partition coefficient (Wildman–Crippen LogP) is 8.61. The minimum absolute atomic E-state index is 0.108. The van der Waals surface area contributed by atoms with Gasteiger partial charge in [-0.1, -0.05) is 60.7 Å². The van der Waals surface area contributed by atoms with Crippen molar-refractivity contribution >= 4 is 33.8 Å². The summed E-state index contributed by atoms with van der Waals surface area (Å²) in [7, 11) is 0. The molecule has 42 heavy (non-hydrogen) atoms. The van der Waals surface area contributed by atoms with Crippen LogP contribution in [0.4, 0.5) is 5.69 Å². The van der Waals surface area contributed by atoms with Crippen LogP contribution in [0.25, 0.3) is 16.5 Å². The van der Waals surface area contributed by atoms with E-state index in [9.17, 15) is 0 Å². The summed E-state index contributed by atoms with van der Waals surface area (Å²) in [6.45, 7) is 4.38. The molecule has 0 saturated carbocycles. The highest BCUT2D eigenvalue weighted by Crippen LogP contribution is 2.44. The largest absolute Gasteiger partial charge is 0.457 e. The van der Waals surface area contributed by atoms with Gasteiger partial charge in [-0.05, 0) is 97.7 Å². The maximum atomic E-state index is 6.07. The number of rotatable bonds is 6. The number of nitrogens with zero attached hydrogens (tertiary/aromatic N) is 3. The number of nitrogens with one attached hydrogen (secondary N) is 1. The van der Waals surface area contributed by atoms with Gasteiger partial charge in [-0.2, -0.15) is 0 Å². The number of pyridine rings is 1. The number of para-hydroxylation sites is 1. The average Bonchev–Trinajstić information content (AvgIpc) is 3.52. The number of aryl methyl sites for hydroxylation is 1. The number of thiocarbonyl (C=S) groups is 1. The molecule has 0 aliphatic carbocycles. The lowest BCUT2D eigenvalue weighted by Gasteiger charge is -2.28. The molecule has 0 radical (unpaired) electrons. The second-order valence-corrected chi connectivity index (χ2v) is 11.0. The van der Waals surface area contributed by atoms with E-state index in [1.54, 1.807) is 0 Å². The summed E-state index contributed by atoms with van der Waals surface area (Å²) in [6, 6.07) is 41.1. The third-order valence-electron chi connectivity index (χ3n) is 7.99. The number of fused-ring (bicyclic) bond motifs is 1. The first-order valence-corrected chi connectivity index (χ1v) is 14.5. The summed E-state index contributed by atoms with van der Waals surface area (Å²) < 4.78 is 8.43. The summed E-state index contributed by atoms with van der Waals surface area (Å²) in [5, 5.41) is 6.71. The lowest BCUT2D eigenvalue weighted by atomic mass is 9.96. The van der Waals surface area contributed by atoms with Crippen molar-refractivity contribution in [3.05, 3.63) is 150 Å². The maximum Gasteiger partial charge on any atom is 0.174 e. The van der Waals surface area contributed by atoms with Crippen LogP contribution < -0.4 is 15.0 Å². The molecule has 6 heteroatoms. The molecule has 0 amide bonds. The molecular weight excluding hydrogens is 536 g/mol. The Morgan fingerprint density at radius 2 is 1.48 bits per heavy atom. The fourth-order valence-corrected chi connectivity index (χ4v) is 6.46. The van der Waals surface area contributed by atoms with E-state index in [2.05, 4.69) is 95.4 Å². The van der Waals surface area contributed by atoms with Gasteiger partial charge < -0.3 is 19.5 Å². The molecule has 1 fully saturated rings. The second-order valence-electron chi connectivity index (χ2n) is 10.6. The van der Waals surface area contributed by atoms with Gasteiger partial charge in [-0.25, -0.2) is 0 Å². The number of anilines is 1. The van der Waals surface area contributed by atoms with Gasteiger partial charge in [0.2, 0.25) is 0 Å². The highest BCUT2D eigenvalue weighted by Gasteiger charge is 2.42. The van der Waals surface area contributed by atoms with Gasteiger partial charge in [-0.15, -0.1) is 0 Å². The standard InChI is InChI=1S/C36H30N4OS/c1-24-23-31(25(2)39(24)33-17-10-12-26-11-6-7-15-30(26)33)35-34(32-16-8-9-22-37-32)38-36(42)40(35)27-18-20-29(21-19-27)41-28-13-4-3-5-14-28/h3-23,34-35H,1-2H3,(H,38,42)/t34-,35+/m1/s1. The van der Waals surface area contributed by atoms with E-state index in [1.165, 1.54) is 33.4 Å². The Morgan fingerprint density at radius 3 is 2.26 bits per heavy atom. The monoisotopic (exact) mass is 566 g/mol. The van der Waals surface area contributed by atoms with Crippen LogP contribution in [0.5, 0.6) is 11.5 Å². The maximum absolute atomic E-state index is 6.07. The van der Waals surface area contributed by atoms with Crippen molar-refractivity contribution in [3.8, 4) is 17.2 Å². The first-order valence-electron chi connectivity index (χ1n) is 14.1. The van der Waals surface area contributed by atoms with Gasteiger partial charge >= 0.3 is 0 Å². The van der Waals surface area contributed by atoms with Crippen molar-refractivity contribution in [1.82, 2.24) is 14.9 Å². The lowest BCUT2D eigenvalue weighted by Crippen LogP contribution is -2.29. The van der Waals surface area contributed by atoms with E-state index in [0.29, 0.717) is 5.11 Å². The minimum Gasteiger partial charge on any atom is -0.457 e. The Labute approximate surface area is 251 Å². The summed E-state index contributed by atoms with van der Waals surface area (Å²) >= 11 is 6.00. The molecule has 0 unspecified atom stereocenters. The fraction of sp³-hybridized carbons (Fsp3) is 0.111. The van der Waals surface area contributed by atoms with Crippen LogP contribution in [-0.4, -0.2) is 14.7 Å². The Hall–Kier alpha value is -4.94. The molecule has 1 saturated heterocycles. The Kier molecular flexibility index (Phi) is 6.68. The summed E-state index contributed by atoms with van der Waals surface area (Å²) in [4.78, 5) is 6.96. The molecule has 7 rings (SSSR count). The quantitative estimate of drug-likeness (QED) is 0.205. The molecule has 0 spiro atoms. The van der Waals surface area contributed by atoms with E-state index in [1.807, 2.05) is 60.8 Å². The minimum atomic E-state index is -0.125. The van der Waals surface area contributed by atoms with E-state index >= 15 is 0 Å². The van der Waals surface area contributed by atoms with Crippen molar-refractivity contribution in [3.63, 3.8) is 0 Å². The van der Waals surface area contributed by atoms with E-state index in [-0.39, 0.29) is 12.1 Å². The van der Waals surface area contributed by atoms with Crippen LogP contribution in [0.1, 0.15) is 34.7 Å². The number of benzene rings is 4. The Morgan fingerprint density at radius 1 is 0.762 bits per heavy atom. The summed E-state index contributed by atoms with van der Waals surface area (Å²) in [5.74, 6) is 1.58. The molecule has 1 aliphatic heterocycles. The summed E-state index contributed by atoms with van der Waals surface area (Å²) in [5.41, 5.74) is 6.66. The molecule has 206 valence electrons. The van der Waals surface area contributed by atoms with E-state index < -0.39 is 0 Å². The smallest absolute Gasteiger partial charge is 0.174 e. The topological polar surface area (TPSA) is 42.3 Å². The number of ether oxygens (including phenoxy) is 1. The van der Waals surface area contributed by atoms with Crippen LogP contribution in [0.2, 0.25) is 0 Å². The van der Waals surface area contributed by atoms with Gasteiger partial charge in [0.25, 0.3) is 0 Å². The SMILES string of the molecule is Cc1cc([C@H]2[C@@H](c3ccccn3)NC(=S)N2c2ccc(Oc3ccccc3)cc2)c(C)n1-c1cccc2ccccc12. The van der Waals surface area contributed by atoms with Crippen LogP contribution in [0, 0.1) is 13.8 Å². The lowest BCUT2D eigenvalue weighted by molar-refractivity contribution is 0.482. The number of aromatic nitrogens is 2. The van der Waals surface area contributed by atoms with Crippen molar-refractivity contribution < 1.29 is 4.74 Å². The Balaban J connectivity index is 1.33. The molecule has 0 bridgehead atoms. The molecule has 5 nitrogen and oxygen atoms in total. The number of hydrogen-bond acceptors (Lipinski definition) is 3. The molecule has 1 N–H and O–H groups in total. The predicted molar refractivity (Wildman–Crippen MR) is 174 cm³/mol. The molecular formula is C36H30N4OS. The molecule has 2 atom stereocenters. The molecule has 3 heterocycles. The van der Waals surface area contributed by atoms with Crippen LogP contribution in [0.3, 0.4) is 0 Å². The average molecular weight is 567 g/mol. The molecule has 4 aromatic carbocycles. The van der Waals surface area contributed by atoms with Gasteiger partial charge in [0.1, 0.15) is 11.5 Å². The zero-order chi connectivity index (χ0) is 28.6. The normalized spacial score (nSPS) is 16.5. The first-order chi connectivity index (χ1) is 20.6. The molecule has 6 aromatic rings. The van der Waals surface area contributed by atoms with E-state index in [0.717, 1.165) is 22.9 Å². The van der Waals surface area contributed by atoms with Crippen LogP contribution in [0.15, 0.2) is 128 Å². The van der Waals surface area contributed by atoms with Crippen molar-refractivity contribution in [2.75, 3.05) is 4.90 Å². The highest BCUT2D eigenvalue weighted by molar-refractivity contribution is 7.80. The second kappa shape index (κ2) is 10.8. The molecule has 2 aromatic heterocycles. The third kappa shape index (κ3) is 4.60. The van der Waals surface area contributed by atoms with Gasteiger partial charge in [0, 0.05) is 28.7 Å². The van der Waals surface area contributed by atoms with Crippen molar-refractivity contribution in [2.24, 2.45) is 0 Å².